The van der Waals surface area contributed by atoms with Crippen LogP contribution in [-0.2, 0) is 20.0 Å². The monoisotopic (exact) mass is 546 g/mol. The number of likely N-dealkylation sites (N-methyl/N-ethyl adjacent to an activating group) is 1. The Bertz CT molecular complexity index is 1160. The Balaban J connectivity index is 2.01. The molecule has 11 heteroatoms. The van der Waals surface area contributed by atoms with Crippen LogP contribution in [0.1, 0.15) is 13.8 Å². The van der Waals surface area contributed by atoms with E-state index in [9.17, 15) is 21.9 Å². The zero-order chi connectivity index (χ0) is 23.7. The van der Waals surface area contributed by atoms with Crippen molar-refractivity contribution in [3.05, 3.63) is 53.0 Å². The Morgan fingerprint density at radius 2 is 1.91 bits per heavy atom. The molecular formula is C21H27BrN2O6S2. The number of benzene rings is 2. The van der Waals surface area contributed by atoms with E-state index in [-0.39, 0.29) is 41.2 Å². The molecule has 0 bridgehead atoms. The minimum atomic E-state index is -3.93. The first-order valence-electron chi connectivity index (χ1n) is 10.1. The van der Waals surface area contributed by atoms with E-state index < -0.39 is 32.2 Å². The Labute approximate surface area is 198 Å². The van der Waals surface area contributed by atoms with Gasteiger partial charge in [-0.1, -0.05) is 41.1 Å². The lowest BCUT2D eigenvalue weighted by Crippen LogP contribution is -2.50. The second kappa shape index (κ2) is 9.78. The van der Waals surface area contributed by atoms with Gasteiger partial charge in [-0.25, -0.2) is 16.8 Å². The third-order valence-electron chi connectivity index (χ3n) is 5.52. The van der Waals surface area contributed by atoms with Gasteiger partial charge in [0.15, 0.2) is 0 Å². The number of hydrogen-bond acceptors (Lipinski definition) is 6. The number of nitrogens with zero attached hydrogens (tertiary/aromatic N) is 2. The van der Waals surface area contributed by atoms with Crippen LogP contribution in [0.3, 0.4) is 0 Å². The lowest BCUT2D eigenvalue weighted by Gasteiger charge is -2.37. The van der Waals surface area contributed by atoms with Gasteiger partial charge in [0.1, 0.15) is 16.7 Å². The summed E-state index contributed by atoms with van der Waals surface area (Å²) in [6, 6.07) is 12.1. The molecule has 0 aliphatic carbocycles. The van der Waals surface area contributed by atoms with Gasteiger partial charge < -0.3 is 9.84 Å². The highest BCUT2D eigenvalue weighted by molar-refractivity contribution is 9.10. The minimum absolute atomic E-state index is 0.0196. The summed E-state index contributed by atoms with van der Waals surface area (Å²) < 4.78 is 61.9. The van der Waals surface area contributed by atoms with Crippen molar-refractivity contribution in [3.8, 4) is 5.75 Å². The topological polar surface area (TPSA) is 104 Å². The number of halogens is 1. The first-order valence-corrected chi connectivity index (χ1v) is 13.8. The second-order valence-electron chi connectivity index (χ2n) is 7.93. The fourth-order valence-corrected chi connectivity index (χ4v) is 6.91. The third kappa shape index (κ3) is 5.02. The van der Waals surface area contributed by atoms with Crippen molar-refractivity contribution < 1.29 is 26.7 Å². The van der Waals surface area contributed by atoms with Gasteiger partial charge in [0.25, 0.3) is 0 Å². The van der Waals surface area contributed by atoms with Crippen molar-refractivity contribution in [2.24, 2.45) is 5.92 Å². The predicted octanol–water partition coefficient (Wildman–Crippen LogP) is 2.54. The number of aliphatic hydroxyl groups excluding tert-OH is 1. The number of hydrogen-bond donors (Lipinski definition) is 1. The summed E-state index contributed by atoms with van der Waals surface area (Å²) in [5.41, 5.74) is 0. The summed E-state index contributed by atoms with van der Waals surface area (Å²) in [5, 5.41) is 9.67. The molecule has 0 spiro atoms. The van der Waals surface area contributed by atoms with Gasteiger partial charge in [-0.3, -0.25) is 0 Å². The zero-order valence-electron chi connectivity index (χ0n) is 18.0. The molecule has 2 aromatic carbocycles. The molecule has 32 heavy (non-hydrogen) atoms. The van der Waals surface area contributed by atoms with Crippen LogP contribution in [0.5, 0.6) is 5.75 Å². The van der Waals surface area contributed by atoms with Crippen molar-refractivity contribution in [1.82, 2.24) is 8.61 Å². The highest BCUT2D eigenvalue weighted by atomic mass is 79.9. The maximum Gasteiger partial charge on any atom is 0.247 e. The average Bonchev–Trinajstić information content (AvgIpc) is 2.75. The maximum absolute atomic E-state index is 13.3. The minimum Gasteiger partial charge on any atom is -0.487 e. The second-order valence-corrected chi connectivity index (χ2v) is 12.7. The summed E-state index contributed by atoms with van der Waals surface area (Å²) >= 11 is 3.34. The van der Waals surface area contributed by atoms with E-state index in [0.29, 0.717) is 4.47 Å². The van der Waals surface area contributed by atoms with Crippen LogP contribution in [0, 0.1) is 5.92 Å². The van der Waals surface area contributed by atoms with Crippen LogP contribution in [0.2, 0.25) is 0 Å². The summed E-state index contributed by atoms with van der Waals surface area (Å²) in [6.45, 7) is 3.19. The third-order valence-corrected chi connectivity index (χ3v) is 9.87. The van der Waals surface area contributed by atoms with Crippen molar-refractivity contribution in [2.75, 3.05) is 26.7 Å². The first-order chi connectivity index (χ1) is 15.0. The molecule has 1 N–H and O–H groups in total. The Morgan fingerprint density at radius 3 is 2.53 bits per heavy atom. The molecule has 0 unspecified atom stereocenters. The molecule has 1 aliphatic heterocycles. The quantitative estimate of drug-likeness (QED) is 0.596. The largest absolute Gasteiger partial charge is 0.487 e. The van der Waals surface area contributed by atoms with Crippen molar-refractivity contribution in [3.63, 3.8) is 0 Å². The van der Waals surface area contributed by atoms with Gasteiger partial charge in [0.05, 0.1) is 18.0 Å². The maximum atomic E-state index is 13.3. The molecular weight excluding hydrogens is 520 g/mol. The van der Waals surface area contributed by atoms with E-state index in [1.807, 2.05) is 6.92 Å². The molecule has 0 saturated carbocycles. The molecule has 0 saturated heterocycles. The Kier molecular flexibility index (Phi) is 7.68. The molecule has 0 radical (unpaired) electrons. The summed E-state index contributed by atoms with van der Waals surface area (Å²) in [6.07, 6.45) is -0.629. The SMILES string of the molecule is C[C@H](CO)N1C[C@H](C)[C@@H](CN(C)S(=O)(=O)c2ccccc2)Oc2cc(Br)ccc2S1(=O)=O. The molecule has 0 aromatic heterocycles. The molecule has 2 aromatic rings. The highest BCUT2D eigenvalue weighted by Gasteiger charge is 2.39. The Morgan fingerprint density at radius 1 is 1.25 bits per heavy atom. The van der Waals surface area contributed by atoms with Gasteiger partial charge >= 0.3 is 0 Å². The fourth-order valence-electron chi connectivity index (χ4n) is 3.54. The van der Waals surface area contributed by atoms with E-state index in [2.05, 4.69) is 15.9 Å². The number of fused-ring (bicyclic) bond motifs is 1. The molecule has 176 valence electrons. The van der Waals surface area contributed by atoms with Gasteiger partial charge in [0, 0.05) is 30.0 Å². The summed E-state index contributed by atoms with van der Waals surface area (Å²) in [4.78, 5) is 0.147. The van der Waals surface area contributed by atoms with Gasteiger partial charge in [-0.05, 0) is 37.3 Å². The lowest BCUT2D eigenvalue weighted by molar-refractivity contribution is 0.0904. The van der Waals surface area contributed by atoms with Gasteiger partial charge in [-0.2, -0.15) is 8.61 Å². The van der Waals surface area contributed by atoms with Crippen LogP contribution in [-0.4, -0.2) is 69.4 Å². The first kappa shape index (κ1) is 25.1. The molecule has 8 nitrogen and oxygen atoms in total. The zero-order valence-corrected chi connectivity index (χ0v) is 21.3. The normalized spacial score (nSPS) is 22.4. The van der Waals surface area contributed by atoms with E-state index >= 15 is 0 Å². The Hall–Kier alpha value is -1.50. The predicted molar refractivity (Wildman–Crippen MR) is 124 cm³/mol. The van der Waals surface area contributed by atoms with E-state index in [1.165, 1.54) is 33.9 Å². The summed E-state index contributed by atoms with van der Waals surface area (Å²) in [7, 11) is -6.21. The number of rotatable bonds is 6. The molecule has 1 aliphatic rings. The van der Waals surface area contributed by atoms with Crippen molar-refractivity contribution in [1.29, 1.82) is 0 Å². The molecule has 1 heterocycles. The van der Waals surface area contributed by atoms with Crippen LogP contribution < -0.4 is 4.74 Å². The molecule has 0 amide bonds. The number of sulfonamides is 2. The van der Waals surface area contributed by atoms with E-state index in [0.717, 1.165) is 0 Å². The number of aliphatic hydroxyl groups is 1. The highest BCUT2D eigenvalue weighted by Crippen LogP contribution is 2.35. The van der Waals surface area contributed by atoms with Crippen LogP contribution in [0.4, 0.5) is 0 Å². The lowest BCUT2D eigenvalue weighted by atomic mass is 10.0. The van der Waals surface area contributed by atoms with Gasteiger partial charge in [-0.15, -0.1) is 0 Å². The number of ether oxygens (including phenoxy) is 1. The van der Waals surface area contributed by atoms with Crippen LogP contribution in [0.15, 0.2) is 62.8 Å². The fraction of sp³-hybridized carbons (Fsp3) is 0.429. The van der Waals surface area contributed by atoms with Crippen molar-refractivity contribution >= 4 is 36.0 Å². The summed E-state index contributed by atoms with van der Waals surface area (Å²) in [5.74, 6) is -0.226. The smallest absolute Gasteiger partial charge is 0.247 e. The van der Waals surface area contributed by atoms with Crippen LogP contribution in [0.25, 0.3) is 0 Å². The average molecular weight is 547 g/mol. The molecule has 0 fully saturated rings. The standard InChI is InChI=1S/C21H27BrN2O6S2/c1-15-12-24(16(2)14-25)32(28,29)21-10-9-17(22)11-19(21)30-20(15)13-23(3)31(26,27)18-7-5-4-6-8-18/h4-11,15-16,20,25H,12-14H2,1-3H3/t15-,16+,20+/m0/s1. The molecule has 3 rings (SSSR count). The molecule has 3 atom stereocenters. The van der Waals surface area contributed by atoms with Gasteiger partial charge in [0.2, 0.25) is 20.0 Å². The van der Waals surface area contributed by atoms with Crippen LogP contribution >= 0.6 is 15.9 Å². The van der Waals surface area contributed by atoms with E-state index in [4.69, 9.17) is 4.74 Å². The van der Waals surface area contributed by atoms with Crippen molar-refractivity contribution in [2.45, 2.75) is 35.8 Å². The van der Waals surface area contributed by atoms with E-state index in [1.54, 1.807) is 37.3 Å².